The minimum absolute atomic E-state index is 0. The van der Waals surface area contributed by atoms with Crippen LogP contribution >= 0.6 is 22.7 Å². The standard InChI is InChI=1S/C11H16N2O3S.C10H14N2O3S.Na.H2O/c1-15-11(14)9-8-12-10(17-9)2-3-13-4-6-16-7-5-13;13-10(14)8-7-11-9(16-8)1-2-12-3-5-15-6-4-12;;/h8H,2-7H2,1H3;7H,1-6H2,(H,13,14);;1H2/q;;+1;/p-1. The van der Waals surface area contributed by atoms with Gasteiger partial charge in [-0.15, -0.1) is 22.7 Å². The predicted octanol–water partition coefficient (Wildman–Crippen LogP) is -1.65. The summed E-state index contributed by atoms with van der Waals surface area (Å²) in [5.74, 6) is -1.20. The van der Waals surface area contributed by atoms with Crippen LogP contribution in [0.25, 0.3) is 0 Å². The fourth-order valence-corrected chi connectivity index (χ4v) is 4.87. The van der Waals surface area contributed by atoms with E-state index < -0.39 is 5.97 Å². The molecule has 0 saturated carbocycles. The van der Waals surface area contributed by atoms with Gasteiger partial charge in [0.15, 0.2) is 0 Å². The number of esters is 1. The third-order valence-corrected chi connectivity index (χ3v) is 7.28. The van der Waals surface area contributed by atoms with Crippen LogP contribution in [0.2, 0.25) is 0 Å². The van der Waals surface area contributed by atoms with Crippen molar-refractivity contribution < 1.29 is 63.9 Å². The minimum Gasteiger partial charge on any atom is -0.870 e. The van der Waals surface area contributed by atoms with Gasteiger partial charge in [-0.1, -0.05) is 0 Å². The molecular formula is C21H31N4NaO7S2. The van der Waals surface area contributed by atoms with Crippen molar-refractivity contribution in [1.29, 1.82) is 0 Å². The third-order valence-electron chi connectivity index (χ3n) is 5.20. The quantitative estimate of drug-likeness (QED) is 0.305. The van der Waals surface area contributed by atoms with Gasteiger partial charge in [-0.25, -0.2) is 19.6 Å². The molecule has 2 aromatic rings. The Morgan fingerprint density at radius 1 is 0.914 bits per heavy atom. The van der Waals surface area contributed by atoms with Gasteiger partial charge >= 0.3 is 41.5 Å². The van der Waals surface area contributed by atoms with E-state index in [0.29, 0.717) is 9.75 Å². The van der Waals surface area contributed by atoms with Crippen LogP contribution in [0.3, 0.4) is 0 Å². The molecule has 190 valence electrons. The van der Waals surface area contributed by atoms with Gasteiger partial charge in [0.1, 0.15) is 9.75 Å². The Labute approximate surface area is 235 Å². The fourth-order valence-electron chi connectivity index (χ4n) is 3.30. The molecule has 0 aromatic carbocycles. The minimum atomic E-state index is -0.893. The number of carbonyl (C=O) groups excluding carboxylic acids is 1. The predicted molar refractivity (Wildman–Crippen MR) is 126 cm³/mol. The summed E-state index contributed by atoms with van der Waals surface area (Å²) in [7, 11) is 1.38. The van der Waals surface area contributed by atoms with Crippen LogP contribution in [0.5, 0.6) is 0 Å². The number of aromatic carboxylic acids is 1. The number of ether oxygens (including phenoxy) is 3. The number of hydrogen-bond acceptors (Lipinski definition) is 12. The molecule has 14 heteroatoms. The van der Waals surface area contributed by atoms with Crippen molar-refractivity contribution in [3.05, 3.63) is 32.2 Å². The van der Waals surface area contributed by atoms with Crippen molar-refractivity contribution in [1.82, 2.24) is 19.8 Å². The fraction of sp³-hybridized carbons (Fsp3) is 0.619. The maximum absolute atomic E-state index is 11.3. The molecule has 0 bridgehead atoms. The number of thiazole rings is 2. The summed E-state index contributed by atoms with van der Waals surface area (Å²) in [5, 5.41) is 10.6. The monoisotopic (exact) mass is 538 g/mol. The average molecular weight is 539 g/mol. The first-order valence-electron chi connectivity index (χ1n) is 10.9. The normalized spacial score (nSPS) is 16.3. The second kappa shape index (κ2) is 17.5. The van der Waals surface area contributed by atoms with Crippen LogP contribution in [-0.4, -0.2) is 115 Å². The van der Waals surface area contributed by atoms with Crippen LogP contribution in [0, 0.1) is 0 Å². The number of rotatable bonds is 8. The summed E-state index contributed by atoms with van der Waals surface area (Å²) in [6, 6.07) is 0. The number of aromatic nitrogens is 2. The zero-order valence-electron chi connectivity index (χ0n) is 20.2. The maximum atomic E-state index is 11.3. The molecule has 2 aliphatic heterocycles. The van der Waals surface area contributed by atoms with Crippen molar-refractivity contribution in [3.63, 3.8) is 0 Å². The zero-order chi connectivity index (χ0) is 23.5. The summed E-state index contributed by atoms with van der Waals surface area (Å²) in [6.07, 6.45) is 4.71. The number of carboxylic acids is 1. The molecule has 0 radical (unpaired) electrons. The molecular weight excluding hydrogens is 507 g/mol. The molecule has 2 saturated heterocycles. The van der Waals surface area contributed by atoms with Crippen molar-refractivity contribution >= 4 is 34.6 Å². The van der Waals surface area contributed by atoms with Crippen molar-refractivity contribution in [3.8, 4) is 0 Å². The van der Waals surface area contributed by atoms with Gasteiger partial charge in [0.25, 0.3) is 0 Å². The Bertz CT molecular complexity index is 887. The SMILES string of the molecule is COC(=O)c1cnc(CCN2CCOCC2)s1.O=C(O)c1cnc(CCN2CCOCC2)s1.[Na+].[OH-]. The number of carbonyl (C=O) groups is 2. The van der Waals surface area contributed by atoms with E-state index in [1.165, 1.54) is 36.0 Å². The van der Waals surface area contributed by atoms with Gasteiger partial charge in [-0.3, -0.25) is 9.80 Å². The Balaban J connectivity index is 0.000000332. The zero-order valence-corrected chi connectivity index (χ0v) is 23.8. The summed E-state index contributed by atoms with van der Waals surface area (Å²) in [5.41, 5.74) is 0. The molecule has 0 amide bonds. The largest absolute Gasteiger partial charge is 1.00 e. The van der Waals surface area contributed by atoms with E-state index in [-0.39, 0.29) is 41.0 Å². The Morgan fingerprint density at radius 3 is 1.74 bits per heavy atom. The Hall–Kier alpha value is -1.00. The van der Waals surface area contributed by atoms with E-state index in [1.54, 1.807) is 6.20 Å². The molecule has 0 unspecified atom stereocenters. The molecule has 0 aliphatic carbocycles. The molecule has 11 nitrogen and oxygen atoms in total. The second-order valence-corrected chi connectivity index (χ2v) is 9.67. The number of methoxy groups -OCH3 is 1. The van der Waals surface area contributed by atoms with Crippen LogP contribution in [0.4, 0.5) is 0 Å². The molecule has 2 fully saturated rings. The molecule has 2 aromatic heterocycles. The van der Waals surface area contributed by atoms with Crippen molar-refractivity contribution in [2.75, 3.05) is 72.8 Å². The number of nitrogens with zero attached hydrogens (tertiary/aromatic N) is 4. The number of carboxylic acid groups (broad SMARTS) is 1. The average Bonchev–Trinajstić information content (AvgIpc) is 3.53. The number of hydrogen-bond donors (Lipinski definition) is 1. The van der Waals surface area contributed by atoms with E-state index >= 15 is 0 Å². The molecule has 0 spiro atoms. The first kappa shape index (κ1) is 32.0. The molecule has 4 rings (SSSR count). The van der Waals surface area contributed by atoms with Gasteiger partial charge < -0.3 is 24.8 Å². The van der Waals surface area contributed by atoms with E-state index in [2.05, 4.69) is 24.5 Å². The van der Waals surface area contributed by atoms with Crippen LogP contribution in [0.15, 0.2) is 12.4 Å². The van der Waals surface area contributed by atoms with E-state index in [1.807, 2.05) is 0 Å². The summed E-state index contributed by atoms with van der Waals surface area (Å²) in [6.45, 7) is 8.97. The van der Waals surface area contributed by atoms with Gasteiger partial charge in [0.2, 0.25) is 0 Å². The van der Waals surface area contributed by atoms with E-state index in [4.69, 9.17) is 14.6 Å². The molecule has 2 aliphatic rings. The molecule has 35 heavy (non-hydrogen) atoms. The molecule has 4 heterocycles. The van der Waals surface area contributed by atoms with E-state index in [9.17, 15) is 9.59 Å². The third kappa shape index (κ3) is 11.3. The van der Waals surface area contributed by atoms with Crippen LogP contribution in [0.1, 0.15) is 29.4 Å². The van der Waals surface area contributed by atoms with Crippen LogP contribution < -0.4 is 29.6 Å². The Morgan fingerprint density at radius 2 is 1.34 bits per heavy atom. The summed E-state index contributed by atoms with van der Waals surface area (Å²) < 4.78 is 15.2. The van der Waals surface area contributed by atoms with Gasteiger partial charge in [0.05, 0.1) is 55.9 Å². The molecule has 0 atom stereocenters. The topological polar surface area (TPSA) is 144 Å². The van der Waals surface area contributed by atoms with Gasteiger partial charge in [-0.05, 0) is 0 Å². The van der Waals surface area contributed by atoms with Gasteiger partial charge in [0, 0.05) is 52.1 Å². The summed E-state index contributed by atoms with van der Waals surface area (Å²) in [4.78, 5) is 35.8. The van der Waals surface area contributed by atoms with Crippen molar-refractivity contribution in [2.24, 2.45) is 0 Å². The van der Waals surface area contributed by atoms with Gasteiger partial charge in [-0.2, -0.15) is 0 Å². The molecule has 2 N–H and O–H groups in total. The van der Waals surface area contributed by atoms with Crippen molar-refractivity contribution in [2.45, 2.75) is 12.8 Å². The first-order valence-corrected chi connectivity index (χ1v) is 12.5. The maximum Gasteiger partial charge on any atom is 1.00 e. The first-order chi connectivity index (χ1) is 16.0. The second-order valence-electron chi connectivity index (χ2n) is 7.44. The summed E-state index contributed by atoms with van der Waals surface area (Å²) >= 11 is 2.67. The van der Waals surface area contributed by atoms with E-state index in [0.717, 1.165) is 88.6 Å². The Kier molecular flexibility index (Phi) is 16.0. The number of morpholine rings is 2. The smallest absolute Gasteiger partial charge is 0.870 e. The van der Waals surface area contributed by atoms with Crippen LogP contribution in [-0.2, 0) is 27.1 Å².